The number of nitrogens with one attached hydrogen (secondary N) is 8. The van der Waals surface area contributed by atoms with Crippen LogP contribution in [0.25, 0.3) is 89.0 Å². The van der Waals surface area contributed by atoms with E-state index in [1.165, 1.54) is 222 Å². The third-order valence-electron chi connectivity index (χ3n) is 28.6. The summed E-state index contributed by atoms with van der Waals surface area (Å²) in [5.41, 5.74) is 50.9. The molecule has 8 nitrogen and oxygen atoms in total. The maximum absolute atomic E-state index is 3.83. The highest BCUT2D eigenvalue weighted by Crippen LogP contribution is 2.43. The molecule has 8 N–H and O–H groups in total. The minimum atomic E-state index is 0.105. The molecule has 632 valence electrons. The molecule has 8 heterocycles. The van der Waals surface area contributed by atoms with Crippen LogP contribution in [-0.4, -0.2) is 54.8 Å². The van der Waals surface area contributed by atoms with Gasteiger partial charge in [-0.15, -0.1) is 0 Å². The van der Waals surface area contributed by atoms with E-state index in [1.54, 1.807) is 0 Å². The fourth-order valence-electron chi connectivity index (χ4n) is 22.2. The van der Waals surface area contributed by atoms with Gasteiger partial charge in [-0.3, -0.25) is 0 Å². The van der Waals surface area contributed by atoms with Gasteiger partial charge in [-0.05, 0) is 137 Å². The molecule has 0 radical (unpaired) electrons. The Kier molecular flexibility index (Phi) is 21.0. The van der Waals surface area contributed by atoms with Crippen molar-refractivity contribution >= 4 is 188 Å². The molecule has 136 heavy (non-hydrogen) atoms. The van der Waals surface area contributed by atoms with E-state index < -0.39 is 0 Å². The Labute approximate surface area is 798 Å². The molecule has 20 aromatic carbocycles. The zero-order valence-corrected chi connectivity index (χ0v) is 74.8. The van der Waals surface area contributed by atoms with Crippen molar-refractivity contribution in [3.05, 3.63) is 485 Å². The van der Waals surface area contributed by atoms with Gasteiger partial charge in [0.25, 0.3) is 0 Å². The molecule has 16 heteroatoms. The normalized spacial score (nSPS) is 13.1. The summed E-state index contributed by atoms with van der Waals surface area (Å²) >= 11 is 0. The molecule has 28 rings (SSSR count). The van der Waals surface area contributed by atoms with Crippen LogP contribution >= 0.6 is 0 Å². The summed E-state index contributed by atoms with van der Waals surface area (Å²) in [6.07, 6.45) is 0. The van der Waals surface area contributed by atoms with Gasteiger partial charge in [-0.1, -0.05) is 480 Å². The van der Waals surface area contributed by atoms with Crippen LogP contribution in [0.5, 0.6) is 0 Å². The summed E-state index contributed by atoms with van der Waals surface area (Å²) in [7, 11) is 0. The SMILES string of the molecule is c1ccc(B2Nc3ccccc3-c3cc4c(cc32)-c2ccccc2NB4c2ccccc2)cc1.c1ccc(B2Nc3ccccc3-c3cc4c(cc32)-c2ccccc2NB4c2ccccc2)cc1.c1ccc(B2Nc3ccccc3-c3cc4c(cc32)-c2ccccc2NB4c2ccccc2)cc1.c1ccc(B2Nc3ccccc3-c3cc4c(cc32)-c2ccccc2NB4c2ccccc2)cc1. The van der Waals surface area contributed by atoms with Gasteiger partial charge >= 0.3 is 54.8 Å². The smallest absolute Gasteiger partial charge is 0.321 e. The number of rotatable bonds is 8. The van der Waals surface area contributed by atoms with E-state index in [0.717, 1.165) is 0 Å². The number of para-hydroxylation sites is 8. The van der Waals surface area contributed by atoms with E-state index in [2.05, 4.69) is 527 Å². The molecule has 0 saturated heterocycles. The monoisotopic (exact) mass is 1730 g/mol. The third kappa shape index (κ3) is 14.8. The van der Waals surface area contributed by atoms with Crippen molar-refractivity contribution in [2.75, 3.05) is 41.8 Å². The first-order valence-electron chi connectivity index (χ1n) is 47.5. The first kappa shape index (κ1) is 81.3. The van der Waals surface area contributed by atoms with E-state index >= 15 is 0 Å². The summed E-state index contributed by atoms with van der Waals surface area (Å²) in [4.78, 5) is 0. The summed E-state index contributed by atoms with van der Waals surface area (Å²) < 4.78 is 0. The van der Waals surface area contributed by atoms with Gasteiger partial charge in [0.1, 0.15) is 0 Å². The van der Waals surface area contributed by atoms with Gasteiger partial charge in [-0.2, -0.15) is 0 Å². The van der Waals surface area contributed by atoms with Crippen molar-refractivity contribution in [2.24, 2.45) is 0 Å². The summed E-state index contributed by atoms with van der Waals surface area (Å²) in [5, 5.41) is 30.6. The number of anilines is 8. The molecule has 0 saturated carbocycles. The van der Waals surface area contributed by atoms with Crippen LogP contribution in [-0.2, 0) is 0 Å². The van der Waals surface area contributed by atoms with Crippen molar-refractivity contribution < 1.29 is 0 Å². The second-order valence-electron chi connectivity index (χ2n) is 36.4. The zero-order chi connectivity index (χ0) is 89.9. The van der Waals surface area contributed by atoms with Crippen molar-refractivity contribution in [1.29, 1.82) is 0 Å². The molecule has 0 bridgehead atoms. The lowest BCUT2D eigenvalue weighted by Gasteiger charge is -2.33. The van der Waals surface area contributed by atoms with Crippen molar-refractivity contribution in [3.63, 3.8) is 0 Å². The highest BCUT2D eigenvalue weighted by molar-refractivity contribution is 6.95. The van der Waals surface area contributed by atoms with Gasteiger partial charge in [0.2, 0.25) is 0 Å². The third-order valence-corrected chi connectivity index (χ3v) is 28.6. The highest BCUT2D eigenvalue weighted by Gasteiger charge is 2.42. The molecule has 8 aliphatic heterocycles. The zero-order valence-electron chi connectivity index (χ0n) is 74.8. The second-order valence-corrected chi connectivity index (χ2v) is 36.4. The van der Waals surface area contributed by atoms with E-state index in [1.807, 2.05) is 0 Å². The summed E-state index contributed by atoms with van der Waals surface area (Å²) in [6, 6.07) is 175. The highest BCUT2D eigenvalue weighted by atomic mass is 14.9. The Hall–Kier alpha value is -16.7. The molecule has 0 unspecified atom stereocenters. The van der Waals surface area contributed by atoms with Gasteiger partial charge in [0, 0.05) is 90.0 Å². The van der Waals surface area contributed by atoms with Crippen molar-refractivity contribution in [1.82, 2.24) is 0 Å². The maximum atomic E-state index is 3.83. The second kappa shape index (κ2) is 35.1. The largest absolute Gasteiger partial charge is 0.420 e. The topological polar surface area (TPSA) is 96.2 Å². The van der Waals surface area contributed by atoms with Crippen molar-refractivity contribution in [2.45, 2.75) is 0 Å². The van der Waals surface area contributed by atoms with E-state index in [-0.39, 0.29) is 54.8 Å². The van der Waals surface area contributed by atoms with Crippen LogP contribution in [0.2, 0.25) is 0 Å². The fourth-order valence-corrected chi connectivity index (χ4v) is 22.2. The lowest BCUT2D eigenvalue weighted by atomic mass is 9.43. The molecule has 0 atom stereocenters. The molecule has 0 fully saturated rings. The van der Waals surface area contributed by atoms with Gasteiger partial charge in [0.05, 0.1) is 0 Å². The molecule has 0 spiro atoms. The first-order chi connectivity index (χ1) is 67.5. The standard InChI is InChI=1S/4C30H22B2N2/c4*1-3-11-21(12-4-1)31-27-19-26-24-16-8-10-18-30(24)34-32(22-13-5-2-6-14-22)28(26)20-25(27)23-15-7-9-17-29(23)33-31/h4*1-20,33-34H. The van der Waals surface area contributed by atoms with Crippen LogP contribution in [0.1, 0.15) is 0 Å². The average Bonchev–Trinajstić information content (AvgIpc) is 0.740. The molecule has 0 aliphatic carbocycles. The molecular formula is C120H88B8N8. The van der Waals surface area contributed by atoms with Crippen molar-refractivity contribution in [3.8, 4) is 89.0 Å². The minimum Gasteiger partial charge on any atom is -0.420 e. The number of benzene rings is 20. The Bertz CT molecular complexity index is 6530. The van der Waals surface area contributed by atoms with E-state index in [9.17, 15) is 0 Å². The lowest BCUT2D eigenvalue weighted by Crippen LogP contribution is -2.55. The van der Waals surface area contributed by atoms with Crippen LogP contribution < -0.4 is 129 Å². The van der Waals surface area contributed by atoms with E-state index in [0.29, 0.717) is 0 Å². The van der Waals surface area contributed by atoms with E-state index in [4.69, 9.17) is 0 Å². The Balaban J connectivity index is 0.0000000965. The van der Waals surface area contributed by atoms with Crippen LogP contribution in [0.4, 0.5) is 45.5 Å². The average molecular weight is 1730 g/mol. The van der Waals surface area contributed by atoms with Gasteiger partial charge in [-0.25, -0.2) is 0 Å². The van der Waals surface area contributed by atoms with Crippen LogP contribution in [0.15, 0.2) is 485 Å². The van der Waals surface area contributed by atoms with Gasteiger partial charge < -0.3 is 41.8 Å². The Morgan fingerprint density at radius 1 is 0.0956 bits per heavy atom. The van der Waals surface area contributed by atoms with Gasteiger partial charge in [0.15, 0.2) is 0 Å². The molecule has 20 aromatic rings. The minimum absolute atomic E-state index is 0.105. The molecular weight excluding hydrogens is 1640 g/mol. The first-order valence-corrected chi connectivity index (χ1v) is 47.5. The fraction of sp³-hybridized carbons (Fsp3) is 0. The lowest BCUT2D eigenvalue weighted by molar-refractivity contribution is 1.55. The van der Waals surface area contributed by atoms with Crippen LogP contribution in [0, 0.1) is 0 Å². The van der Waals surface area contributed by atoms with Crippen LogP contribution in [0.3, 0.4) is 0 Å². The summed E-state index contributed by atoms with van der Waals surface area (Å²) in [6.45, 7) is 0.842. The predicted molar refractivity (Wildman–Crippen MR) is 590 cm³/mol. The Morgan fingerprint density at radius 3 is 0.301 bits per heavy atom. The molecule has 8 aliphatic rings. The molecule has 0 amide bonds. The molecule has 0 aromatic heterocycles. The predicted octanol–water partition coefficient (Wildman–Crippen LogP) is 16.3. The number of fused-ring (bicyclic) bond motifs is 24. The number of hydrogen-bond donors (Lipinski definition) is 8. The Morgan fingerprint density at radius 2 is 0.191 bits per heavy atom. The quantitative estimate of drug-likeness (QED) is 0.0713. The summed E-state index contributed by atoms with van der Waals surface area (Å²) in [5.74, 6) is 0. The number of hydrogen-bond acceptors (Lipinski definition) is 8. The maximum Gasteiger partial charge on any atom is 0.321 e.